The summed E-state index contributed by atoms with van der Waals surface area (Å²) < 4.78 is 1.82. The molecule has 0 aromatic carbocycles. The fraction of sp³-hybridized carbons (Fsp3) is 0.640. The van der Waals surface area contributed by atoms with Crippen LogP contribution in [-0.4, -0.2) is 53.3 Å². The zero-order chi connectivity index (χ0) is 23.2. The lowest BCUT2D eigenvalue weighted by Gasteiger charge is -2.15. The number of carbonyl (C=O) groups is 1. The number of hydrogen-bond acceptors (Lipinski definition) is 6. The highest BCUT2D eigenvalue weighted by molar-refractivity contribution is 7.99. The smallest absolute Gasteiger partial charge is 0.263 e. The maximum atomic E-state index is 13.5. The van der Waals surface area contributed by atoms with Crippen molar-refractivity contribution in [2.75, 3.05) is 32.9 Å². The summed E-state index contributed by atoms with van der Waals surface area (Å²) in [6.45, 7) is 2.22. The number of rotatable bonds is 10. The van der Waals surface area contributed by atoms with Crippen LogP contribution in [-0.2, 0) is 24.2 Å². The number of carbonyl (C=O) groups excluding carboxylic acids is 1. The van der Waals surface area contributed by atoms with Crippen LogP contribution in [0.2, 0.25) is 0 Å². The Balaban J connectivity index is 1.46. The molecule has 0 spiro atoms. The molecule has 0 saturated carbocycles. The van der Waals surface area contributed by atoms with Gasteiger partial charge in [-0.3, -0.25) is 14.2 Å². The van der Waals surface area contributed by atoms with Gasteiger partial charge in [0.2, 0.25) is 5.91 Å². The van der Waals surface area contributed by atoms with Crippen molar-refractivity contribution in [2.45, 2.75) is 75.9 Å². The summed E-state index contributed by atoms with van der Waals surface area (Å²) in [6, 6.07) is 0. The Morgan fingerprint density at radius 1 is 1.21 bits per heavy atom. The summed E-state index contributed by atoms with van der Waals surface area (Å²) in [6.07, 6.45) is 13.4. The Kier molecular flexibility index (Phi) is 8.66. The monoisotopic (exact) mass is 488 g/mol. The SMILES string of the molecule is CN(C)CCCn1c(SCC(=O)NCCC2=CCCCC2)nc2sc3c(c2c1=O)CCCC3. The molecule has 6 nitrogen and oxygen atoms in total. The summed E-state index contributed by atoms with van der Waals surface area (Å²) in [7, 11) is 4.09. The van der Waals surface area contributed by atoms with Crippen molar-refractivity contribution < 1.29 is 4.79 Å². The van der Waals surface area contributed by atoms with Gasteiger partial charge in [-0.25, -0.2) is 4.98 Å². The van der Waals surface area contributed by atoms with E-state index in [0.717, 1.165) is 48.9 Å². The van der Waals surface area contributed by atoms with E-state index in [-0.39, 0.29) is 17.2 Å². The molecule has 0 aliphatic heterocycles. The second-order valence-corrected chi connectivity index (χ2v) is 11.4. The van der Waals surface area contributed by atoms with Gasteiger partial charge in [-0.15, -0.1) is 11.3 Å². The van der Waals surface area contributed by atoms with E-state index < -0.39 is 0 Å². The van der Waals surface area contributed by atoms with E-state index in [1.165, 1.54) is 59.9 Å². The first-order valence-corrected chi connectivity index (χ1v) is 14.1. The van der Waals surface area contributed by atoms with Crippen molar-refractivity contribution in [3.8, 4) is 0 Å². The van der Waals surface area contributed by atoms with E-state index in [1.807, 2.05) is 18.7 Å². The number of aryl methyl sites for hydroxylation is 2. The molecule has 2 aromatic rings. The fourth-order valence-electron chi connectivity index (χ4n) is 4.75. The van der Waals surface area contributed by atoms with Gasteiger partial charge < -0.3 is 10.2 Å². The minimum Gasteiger partial charge on any atom is -0.355 e. The van der Waals surface area contributed by atoms with E-state index in [4.69, 9.17) is 4.98 Å². The highest BCUT2D eigenvalue weighted by atomic mass is 32.2. The van der Waals surface area contributed by atoms with Gasteiger partial charge in [0.05, 0.1) is 11.1 Å². The van der Waals surface area contributed by atoms with Gasteiger partial charge in [0.1, 0.15) is 4.83 Å². The maximum absolute atomic E-state index is 13.5. The van der Waals surface area contributed by atoms with E-state index in [2.05, 4.69) is 16.3 Å². The van der Waals surface area contributed by atoms with Crippen molar-refractivity contribution in [1.29, 1.82) is 0 Å². The fourth-order valence-corrected chi connectivity index (χ4v) is 6.91. The molecular formula is C25H36N4O2S2. The number of allylic oxidation sites excluding steroid dienone is 1. The number of aromatic nitrogens is 2. The molecule has 0 radical (unpaired) electrons. The van der Waals surface area contributed by atoms with Crippen molar-refractivity contribution in [3.05, 3.63) is 32.4 Å². The van der Waals surface area contributed by atoms with Crippen molar-refractivity contribution >= 4 is 39.2 Å². The minimum absolute atomic E-state index is 0.0103. The van der Waals surface area contributed by atoms with Crippen molar-refractivity contribution in [3.63, 3.8) is 0 Å². The third-order valence-corrected chi connectivity index (χ3v) is 8.67. The Morgan fingerprint density at radius 2 is 2.03 bits per heavy atom. The molecule has 0 fully saturated rings. The summed E-state index contributed by atoms with van der Waals surface area (Å²) in [5.74, 6) is 0.298. The number of thiophene rings is 1. The van der Waals surface area contributed by atoms with Gasteiger partial charge >= 0.3 is 0 Å². The van der Waals surface area contributed by atoms with Gasteiger partial charge in [-0.05, 0) is 90.4 Å². The number of hydrogen-bond donors (Lipinski definition) is 1. The van der Waals surface area contributed by atoms with Gasteiger partial charge in [-0.1, -0.05) is 23.4 Å². The molecule has 0 atom stereocenters. The van der Waals surface area contributed by atoms with Gasteiger partial charge in [0, 0.05) is 18.0 Å². The van der Waals surface area contributed by atoms with Gasteiger partial charge in [0.25, 0.3) is 5.56 Å². The Bertz CT molecular complexity index is 1070. The van der Waals surface area contributed by atoms with Crippen molar-refractivity contribution in [2.24, 2.45) is 0 Å². The molecule has 1 amide bonds. The summed E-state index contributed by atoms with van der Waals surface area (Å²) in [4.78, 5) is 35.3. The highest BCUT2D eigenvalue weighted by Crippen LogP contribution is 2.34. The highest BCUT2D eigenvalue weighted by Gasteiger charge is 2.22. The average molecular weight is 489 g/mol. The number of fused-ring (bicyclic) bond motifs is 3. The zero-order valence-electron chi connectivity index (χ0n) is 20.0. The molecule has 180 valence electrons. The number of nitrogens with one attached hydrogen (secondary N) is 1. The van der Waals surface area contributed by atoms with Gasteiger partial charge in [-0.2, -0.15) is 0 Å². The lowest BCUT2D eigenvalue weighted by Crippen LogP contribution is -2.28. The zero-order valence-corrected chi connectivity index (χ0v) is 21.6. The van der Waals surface area contributed by atoms with Gasteiger partial charge in [0.15, 0.2) is 5.16 Å². The van der Waals surface area contributed by atoms with Crippen LogP contribution in [0.15, 0.2) is 21.6 Å². The van der Waals surface area contributed by atoms with Crippen LogP contribution in [0, 0.1) is 0 Å². The van der Waals surface area contributed by atoms with E-state index in [1.54, 1.807) is 11.3 Å². The van der Waals surface area contributed by atoms with E-state index in [0.29, 0.717) is 18.2 Å². The minimum atomic E-state index is 0.0103. The molecule has 33 heavy (non-hydrogen) atoms. The predicted octanol–water partition coefficient (Wildman–Crippen LogP) is 4.39. The molecule has 2 aromatic heterocycles. The second-order valence-electron chi connectivity index (χ2n) is 9.40. The first kappa shape index (κ1) is 24.5. The number of amides is 1. The largest absolute Gasteiger partial charge is 0.355 e. The normalized spacial score (nSPS) is 16.2. The molecule has 8 heteroatoms. The summed E-state index contributed by atoms with van der Waals surface area (Å²) >= 11 is 3.07. The van der Waals surface area contributed by atoms with Crippen LogP contribution < -0.4 is 10.9 Å². The van der Waals surface area contributed by atoms with Crippen LogP contribution in [0.3, 0.4) is 0 Å². The standard InChI is InChI=1S/C25H36N4O2S2/c1-28(2)15-8-16-29-24(31)22-19-11-6-7-12-20(19)33-23(22)27-25(29)32-17-21(30)26-14-13-18-9-4-3-5-10-18/h9H,3-8,10-17H2,1-2H3,(H,26,30). The summed E-state index contributed by atoms with van der Waals surface area (Å²) in [5.41, 5.74) is 2.77. The summed E-state index contributed by atoms with van der Waals surface area (Å²) in [5, 5.41) is 4.55. The van der Waals surface area contributed by atoms with E-state index >= 15 is 0 Å². The molecule has 0 bridgehead atoms. The maximum Gasteiger partial charge on any atom is 0.263 e. The van der Waals surface area contributed by atoms with E-state index in [9.17, 15) is 9.59 Å². The Morgan fingerprint density at radius 3 is 2.82 bits per heavy atom. The van der Waals surface area contributed by atoms with Crippen molar-refractivity contribution in [1.82, 2.24) is 19.8 Å². The predicted molar refractivity (Wildman–Crippen MR) is 139 cm³/mol. The molecule has 0 saturated heterocycles. The molecule has 0 unspecified atom stereocenters. The average Bonchev–Trinajstić information content (AvgIpc) is 3.18. The second kappa shape index (κ2) is 11.7. The first-order valence-electron chi connectivity index (χ1n) is 12.3. The third-order valence-electron chi connectivity index (χ3n) is 6.51. The lowest BCUT2D eigenvalue weighted by atomic mass is 9.97. The third kappa shape index (κ3) is 6.28. The number of thioether (sulfide) groups is 1. The van der Waals surface area contributed by atoms with Crippen LogP contribution in [0.25, 0.3) is 10.2 Å². The molecule has 2 aliphatic carbocycles. The Labute approximate surface area is 204 Å². The van der Waals surface area contributed by atoms with Crippen LogP contribution >= 0.6 is 23.1 Å². The Hall–Kier alpha value is -1.64. The topological polar surface area (TPSA) is 67.2 Å². The molecular weight excluding hydrogens is 452 g/mol. The van der Waals surface area contributed by atoms with Crippen LogP contribution in [0.4, 0.5) is 0 Å². The molecule has 4 rings (SSSR count). The van der Waals surface area contributed by atoms with Crippen LogP contribution in [0.1, 0.15) is 61.8 Å². The number of nitrogens with zero attached hydrogens (tertiary/aromatic N) is 3. The molecule has 2 aliphatic rings. The molecule has 1 N–H and O–H groups in total. The van der Waals surface area contributed by atoms with Crippen LogP contribution in [0.5, 0.6) is 0 Å². The quantitative estimate of drug-likeness (QED) is 0.305. The first-order chi connectivity index (χ1) is 16.0. The lowest BCUT2D eigenvalue weighted by molar-refractivity contribution is -0.118. The molecule has 2 heterocycles.